The molecule has 4 rings (SSSR count). The van der Waals surface area contributed by atoms with Crippen molar-refractivity contribution in [2.45, 2.75) is 51.4 Å². The van der Waals surface area contributed by atoms with E-state index in [1.165, 1.54) is 12.1 Å². The summed E-state index contributed by atoms with van der Waals surface area (Å²) in [6, 6.07) is 4.73. The summed E-state index contributed by atoms with van der Waals surface area (Å²) in [7, 11) is 0. The highest BCUT2D eigenvalue weighted by molar-refractivity contribution is 5.89. The van der Waals surface area contributed by atoms with Crippen molar-refractivity contribution in [2.24, 2.45) is 4.99 Å². The highest BCUT2D eigenvalue weighted by atomic mass is 19.4. The van der Waals surface area contributed by atoms with Gasteiger partial charge in [0.15, 0.2) is 17.0 Å². The molecule has 0 spiro atoms. The van der Waals surface area contributed by atoms with Gasteiger partial charge in [-0.25, -0.2) is 9.98 Å². The molecule has 0 aliphatic heterocycles. The van der Waals surface area contributed by atoms with E-state index in [-0.39, 0.29) is 12.1 Å². The highest BCUT2D eigenvalue weighted by Gasteiger charge is 2.30. The van der Waals surface area contributed by atoms with Crippen molar-refractivity contribution in [3.8, 4) is 0 Å². The van der Waals surface area contributed by atoms with Gasteiger partial charge in [-0.05, 0) is 56.9 Å². The van der Waals surface area contributed by atoms with Crippen molar-refractivity contribution in [1.29, 1.82) is 0 Å². The molecule has 0 unspecified atom stereocenters. The molecule has 0 amide bonds. The van der Waals surface area contributed by atoms with Crippen LogP contribution in [0.5, 0.6) is 0 Å². The molecule has 1 aliphatic carbocycles. The summed E-state index contributed by atoms with van der Waals surface area (Å²) in [5.41, 5.74) is 1.76. The predicted molar refractivity (Wildman–Crippen MR) is 107 cm³/mol. The average molecular weight is 418 g/mol. The molecule has 2 N–H and O–H groups in total. The van der Waals surface area contributed by atoms with E-state index in [0.717, 1.165) is 17.8 Å². The lowest BCUT2D eigenvalue weighted by molar-refractivity contribution is -0.137. The third-order valence-corrected chi connectivity index (χ3v) is 5.06. The Hall–Kier alpha value is -3.01. The number of imidazole rings is 1. The zero-order chi connectivity index (χ0) is 21.3. The molecule has 158 valence electrons. The Kier molecular flexibility index (Phi) is 5.42. The fourth-order valence-corrected chi connectivity index (χ4v) is 3.37. The lowest BCUT2D eigenvalue weighted by atomic mass is 9.96. The van der Waals surface area contributed by atoms with Gasteiger partial charge in [0.2, 0.25) is 0 Å². The minimum atomic E-state index is -4.39. The second-order valence-corrected chi connectivity index (χ2v) is 7.18. The molecular formula is C20H21F3N6O. The second kappa shape index (κ2) is 8.02. The third kappa shape index (κ3) is 4.28. The SMILES string of the molecule is CCn1cnc2c(Nc3ccc(C(F)(F)F)cc3)nc(N=C3CCC(O)CC3)nc21. The molecule has 0 saturated heterocycles. The number of rotatable bonds is 4. The fraction of sp³-hybridized carbons (Fsp3) is 0.400. The first-order chi connectivity index (χ1) is 14.3. The molecule has 2 heterocycles. The Morgan fingerprint density at radius 1 is 1.17 bits per heavy atom. The summed E-state index contributed by atoms with van der Waals surface area (Å²) >= 11 is 0. The Morgan fingerprint density at radius 3 is 2.50 bits per heavy atom. The second-order valence-electron chi connectivity index (χ2n) is 7.18. The number of fused-ring (bicyclic) bond motifs is 1. The number of aliphatic imine (C=N–C) groups is 1. The van der Waals surface area contributed by atoms with Crippen LogP contribution in [-0.4, -0.2) is 36.4 Å². The maximum atomic E-state index is 12.8. The highest BCUT2D eigenvalue weighted by Crippen LogP contribution is 2.31. The smallest absolute Gasteiger partial charge is 0.393 e. The van der Waals surface area contributed by atoms with E-state index in [4.69, 9.17) is 0 Å². The van der Waals surface area contributed by atoms with Gasteiger partial charge in [-0.2, -0.15) is 23.1 Å². The van der Waals surface area contributed by atoms with E-state index in [2.05, 4.69) is 25.3 Å². The van der Waals surface area contributed by atoms with Gasteiger partial charge in [-0.1, -0.05) is 0 Å². The fourth-order valence-electron chi connectivity index (χ4n) is 3.37. The zero-order valence-corrected chi connectivity index (χ0v) is 16.3. The minimum absolute atomic E-state index is 0.263. The topological polar surface area (TPSA) is 88.2 Å². The van der Waals surface area contributed by atoms with Gasteiger partial charge >= 0.3 is 6.18 Å². The molecule has 1 fully saturated rings. The van der Waals surface area contributed by atoms with Gasteiger partial charge in [-0.3, -0.25) is 0 Å². The van der Waals surface area contributed by atoms with Crippen molar-refractivity contribution in [3.63, 3.8) is 0 Å². The van der Waals surface area contributed by atoms with Crippen molar-refractivity contribution < 1.29 is 18.3 Å². The summed E-state index contributed by atoms with van der Waals surface area (Å²) in [4.78, 5) is 17.9. The van der Waals surface area contributed by atoms with Crippen LogP contribution in [0.25, 0.3) is 11.2 Å². The number of halogens is 3. The van der Waals surface area contributed by atoms with E-state index in [1.807, 2.05) is 11.5 Å². The van der Waals surface area contributed by atoms with E-state index in [0.29, 0.717) is 54.9 Å². The van der Waals surface area contributed by atoms with Gasteiger partial charge in [0.25, 0.3) is 5.95 Å². The molecule has 1 saturated carbocycles. The number of benzene rings is 1. The van der Waals surface area contributed by atoms with Crippen LogP contribution < -0.4 is 5.32 Å². The first-order valence-electron chi connectivity index (χ1n) is 9.75. The van der Waals surface area contributed by atoms with Gasteiger partial charge in [0.1, 0.15) is 0 Å². The Bertz CT molecular complexity index is 1060. The Balaban J connectivity index is 1.69. The van der Waals surface area contributed by atoms with Crippen LogP contribution in [0.4, 0.5) is 30.6 Å². The van der Waals surface area contributed by atoms with E-state index in [9.17, 15) is 18.3 Å². The number of aromatic nitrogens is 4. The van der Waals surface area contributed by atoms with Gasteiger partial charge < -0.3 is 15.0 Å². The first kappa shape index (κ1) is 20.3. The van der Waals surface area contributed by atoms with Crippen molar-refractivity contribution in [2.75, 3.05) is 5.32 Å². The molecule has 10 heteroatoms. The molecule has 1 aromatic carbocycles. The molecule has 0 bridgehead atoms. The number of alkyl halides is 3. The summed E-state index contributed by atoms with van der Waals surface area (Å²) < 4.78 is 40.3. The number of anilines is 2. The lowest BCUT2D eigenvalue weighted by Gasteiger charge is -2.17. The quantitative estimate of drug-likeness (QED) is 0.646. The summed E-state index contributed by atoms with van der Waals surface area (Å²) in [6.45, 7) is 2.61. The third-order valence-electron chi connectivity index (χ3n) is 5.06. The van der Waals surface area contributed by atoms with Gasteiger partial charge in [-0.15, -0.1) is 0 Å². The van der Waals surface area contributed by atoms with Crippen LogP contribution >= 0.6 is 0 Å². The maximum Gasteiger partial charge on any atom is 0.416 e. The maximum absolute atomic E-state index is 12.8. The van der Waals surface area contributed by atoms with Crippen molar-refractivity contribution in [1.82, 2.24) is 19.5 Å². The first-order valence-corrected chi connectivity index (χ1v) is 9.75. The van der Waals surface area contributed by atoms with Crippen LogP contribution in [-0.2, 0) is 12.7 Å². The number of aryl methyl sites for hydroxylation is 1. The number of hydrogen-bond acceptors (Lipinski definition) is 6. The number of nitrogens with zero attached hydrogens (tertiary/aromatic N) is 5. The summed E-state index contributed by atoms with van der Waals surface area (Å²) in [5.74, 6) is 0.639. The average Bonchev–Trinajstić information content (AvgIpc) is 3.13. The van der Waals surface area contributed by atoms with Crippen LogP contribution in [0.2, 0.25) is 0 Å². The number of aliphatic hydroxyl groups is 1. The number of nitrogens with one attached hydrogen (secondary N) is 1. The molecule has 3 aromatic rings. The van der Waals surface area contributed by atoms with Crippen molar-refractivity contribution >= 4 is 34.3 Å². The molecule has 1 aliphatic rings. The monoisotopic (exact) mass is 418 g/mol. The summed E-state index contributed by atoms with van der Waals surface area (Å²) in [5, 5.41) is 12.7. The Morgan fingerprint density at radius 2 is 1.87 bits per heavy atom. The van der Waals surface area contributed by atoms with Crippen LogP contribution in [0, 0.1) is 0 Å². The number of hydrogen-bond donors (Lipinski definition) is 2. The lowest BCUT2D eigenvalue weighted by Crippen LogP contribution is -2.17. The van der Waals surface area contributed by atoms with E-state index in [1.54, 1.807) is 6.33 Å². The molecule has 0 radical (unpaired) electrons. The van der Waals surface area contributed by atoms with Crippen molar-refractivity contribution in [3.05, 3.63) is 36.2 Å². The molecule has 7 nitrogen and oxygen atoms in total. The molecule has 0 atom stereocenters. The normalized spacial score (nSPS) is 17.4. The predicted octanol–water partition coefficient (Wildman–Crippen LogP) is 4.62. The molecule has 30 heavy (non-hydrogen) atoms. The van der Waals surface area contributed by atoms with E-state index < -0.39 is 11.7 Å². The van der Waals surface area contributed by atoms with Crippen LogP contribution in [0.3, 0.4) is 0 Å². The van der Waals surface area contributed by atoms with E-state index >= 15 is 0 Å². The van der Waals surface area contributed by atoms with Gasteiger partial charge in [0, 0.05) is 17.9 Å². The standard InChI is InChI=1S/C20H21F3N6O/c1-2-29-11-24-16-17(25-13-5-3-12(4-6-13)20(21,22)23)27-19(28-18(16)29)26-14-7-9-15(30)10-8-14/h3-6,11,15,30H,2,7-10H2,1H3,(H,25,27,28). The molecule has 2 aromatic heterocycles. The Labute approximate surface area is 170 Å². The zero-order valence-electron chi connectivity index (χ0n) is 16.3. The largest absolute Gasteiger partial charge is 0.416 e. The van der Waals surface area contributed by atoms with Crippen LogP contribution in [0.15, 0.2) is 35.6 Å². The summed E-state index contributed by atoms with van der Waals surface area (Å²) in [6.07, 6.45) is -0.377. The van der Waals surface area contributed by atoms with Gasteiger partial charge in [0.05, 0.1) is 18.0 Å². The number of aliphatic hydroxyl groups excluding tert-OH is 1. The molecular weight excluding hydrogens is 397 g/mol. The van der Waals surface area contributed by atoms with Crippen LogP contribution in [0.1, 0.15) is 38.2 Å². The minimum Gasteiger partial charge on any atom is -0.393 e.